The minimum Gasteiger partial charge on any atom is -0.379 e. The molecular formula is C16H21N3O3. The summed E-state index contributed by atoms with van der Waals surface area (Å²) in [4.78, 5) is 25.0. The number of rotatable bonds is 4. The highest BCUT2D eigenvalue weighted by Crippen LogP contribution is 2.43. The lowest BCUT2D eigenvalue weighted by Gasteiger charge is -2.45. The highest BCUT2D eigenvalue weighted by Gasteiger charge is 2.52. The molecule has 0 atom stereocenters. The van der Waals surface area contributed by atoms with Crippen molar-refractivity contribution in [2.24, 2.45) is 11.1 Å². The molecule has 1 heterocycles. The van der Waals surface area contributed by atoms with Crippen LogP contribution in [0.2, 0.25) is 0 Å². The maximum Gasteiger partial charge on any atom is 0.257 e. The van der Waals surface area contributed by atoms with Crippen LogP contribution < -0.4 is 10.7 Å². The number of nitrogens with zero attached hydrogens (tertiary/aromatic N) is 2. The normalized spacial score (nSPS) is 20.9. The lowest BCUT2D eigenvalue weighted by atomic mass is 9.67. The van der Waals surface area contributed by atoms with Crippen LogP contribution in [-0.2, 0) is 14.3 Å². The van der Waals surface area contributed by atoms with Crippen LogP contribution in [0.25, 0.3) is 0 Å². The van der Waals surface area contributed by atoms with Crippen molar-refractivity contribution in [1.29, 1.82) is 0 Å². The molecule has 2 N–H and O–H groups in total. The van der Waals surface area contributed by atoms with Gasteiger partial charge >= 0.3 is 0 Å². The average Bonchev–Trinajstić information content (AvgIpc) is 2.48. The number of amides is 2. The van der Waals surface area contributed by atoms with Gasteiger partial charge in [-0.05, 0) is 25.0 Å². The third kappa shape index (κ3) is 2.48. The second-order valence-electron chi connectivity index (χ2n) is 5.82. The zero-order valence-corrected chi connectivity index (χ0v) is 12.5. The zero-order chi connectivity index (χ0) is 15.6. The van der Waals surface area contributed by atoms with E-state index < -0.39 is 11.3 Å². The fourth-order valence-corrected chi connectivity index (χ4v) is 3.03. The van der Waals surface area contributed by atoms with Crippen LogP contribution in [0.5, 0.6) is 0 Å². The van der Waals surface area contributed by atoms with Crippen LogP contribution >= 0.6 is 0 Å². The van der Waals surface area contributed by atoms with E-state index in [1.807, 2.05) is 35.3 Å². The van der Waals surface area contributed by atoms with Crippen molar-refractivity contribution in [3.63, 3.8) is 0 Å². The molecule has 1 aliphatic carbocycles. The molecular weight excluding hydrogens is 282 g/mol. The van der Waals surface area contributed by atoms with E-state index >= 15 is 0 Å². The summed E-state index contributed by atoms with van der Waals surface area (Å²) in [6.07, 6.45) is 1.93. The van der Waals surface area contributed by atoms with Gasteiger partial charge in [-0.2, -0.15) is 0 Å². The van der Waals surface area contributed by atoms with E-state index in [1.54, 1.807) is 5.01 Å². The van der Waals surface area contributed by atoms with Crippen LogP contribution in [0.1, 0.15) is 19.3 Å². The first-order valence-electron chi connectivity index (χ1n) is 7.67. The van der Waals surface area contributed by atoms with Crippen LogP contribution in [0.3, 0.4) is 0 Å². The molecule has 0 aromatic heterocycles. The van der Waals surface area contributed by atoms with Gasteiger partial charge in [-0.25, -0.2) is 10.0 Å². The Balaban J connectivity index is 1.94. The Bertz CT molecular complexity index is 551. The molecule has 1 aliphatic heterocycles. The number of morpholine rings is 1. The highest BCUT2D eigenvalue weighted by atomic mass is 16.5. The van der Waals surface area contributed by atoms with E-state index in [2.05, 4.69) is 0 Å². The number of anilines is 1. The zero-order valence-electron chi connectivity index (χ0n) is 12.5. The molecule has 2 aliphatic rings. The monoisotopic (exact) mass is 303 g/mol. The predicted molar refractivity (Wildman–Crippen MR) is 81.8 cm³/mol. The molecule has 22 heavy (non-hydrogen) atoms. The third-order valence-corrected chi connectivity index (χ3v) is 4.55. The SMILES string of the molecule is NC(=O)C1(C(=O)N(c2ccccc2)N2CCOCC2)CCC1. The number of hydrogen-bond acceptors (Lipinski definition) is 4. The first kappa shape index (κ1) is 15.0. The van der Waals surface area contributed by atoms with Gasteiger partial charge in [-0.15, -0.1) is 0 Å². The largest absolute Gasteiger partial charge is 0.379 e. The van der Waals surface area contributed by atoms with Crippen LogP contribution in [0, 0.1) is 5.41 Å². The van der Waals surface area contributed by atoms with Gasteiger partial charge in [0.1, 0.15) is 5.41 Å². The Hall–Kier alpha value is -1.92. The molecule has 118 valence electrons. The molecule has 0 unspecified atom stereocenters. The first-order valence-corrected chi connectivity index (χ1v) is 7.67. The predicted octanol–water partition coefficient (Wildman–Crippen LogP) is 0.922. The van der Waals surface area contributed by atoms with Crippen molar-refractivity contribution < 1.29 is 14.3 Å². The molecule has 3 rings (SSSR count). The van der Waals surface area contributed by atoms with Crippen LogP contribution in [-0.4, -0.2) is 43.1 Å². The topological polar surface area (TPSA) is 75.9 Å². The lowest BCUT2D eigenvalue weighted by Crippen LogP contribution is -2.61. The summed E-state index contributed by atoms with van der Waals surface area (Å²) >= 11 is 0. The Morgan fingerprint density at radius 2 is 1.77 bits per heavy atom. The summed E-state index contributed by atoms with van der Waals surface area (Å²) < 4.78 is 5.37. The van der Waals surface area contributed by atoms with E-state index in [4.69, 9.17) is 10.5 Å². The molecule has 1 aromatic carbocycles. The van der Waals surface area contributed by atoms with Crippen LogP contribution in [0.4, 0.5) is 5.69 Å². The number of carbonyl (C=O) groups is 2. The fourth-order valence-electron chi connectivity index (χ4n) is 3.03. The second-order valence-corrected chi connectivity index (χ2v) is 5.82. The summed E-state index contributed by atoms with van der Waals surface area (Å²) in [5.41, 5.74) is 5.27. The van der Waals surface area contributed by atoms with E-state index in [1.165, 1.54) is 0 Å². The third-order valence-electron chi connectivity index (χ3n) is 4.55. The van der Waals surface area contributed by atoms with Crippen LogP contribution in [0.15, 0.2) is 30.3 Å². The maximum atomic E-state index is 13.1. The van der Waals surface area contributed by atoms with E-state index in [0.29, 0.717) is 39.1 Å². The van der Waals surface area contributed by atoms with Crippen molar-refractivity contribution in [2.45, 2.75) is 19.3 Å². The lowest BCUT2D eigenvalue weighted by molar-refractivity contribution is -0.148. The number of carbonyl (C=O) groups excluding carboxylic acids is 2. The van der Waals surface area contributed by atoms with Crippen molar-refractivity contribution in [3.05, 3.63) is 30.3 Å². The number of primary amides is 1. The molecule has 6 nitrogen and oxygen atoms in total. The number of para-hydroxylation sites is 1. The van der Waals surface area contributed by atoms with E-state index in [9.17, 15) is 9.59 Å². The first-order chi connectivity index (χ1) is 10.6. The van der Waals surface area contributed by atoms with Crippen molar-refractivity contribution >= 4 is 17.5 Å². The van der Waals surface area contributed by atoms with Gasteiger partial charge in [0.2, 0.25) is 5.91 Å². The number of hydrazine groups is 1. The van der Waals surface area contributed by atoms with Gasteiger partial charge in [-0.3, -0.25) is 9.59 Å². The standard InChI is InChI=1S/C16H21N3O3/c17-14(20)16(7-4-8-16)15(21)19(13-5-2-1-3-6-13)18-9-11-22-12-10-18/h1-3,5-6H,4,7-12H2,(H2,17,20). The smallest absolute Gasteiger partial charge is 0.257 e. The Kier molecular flexibility index (Phi) is 4.13. The molecule has 1 saturated heterocycles. The minimum absolute atomic E-state index is 0.209. The summed E-state index contributed by atoms with van der Waals surface area (Å²) in [6.45, 7) is 2.38. The average molecular weight is 303 g/mol. The summed E-state index contributed by atoms with van der Waals surface area (Å²) in [6, 6.07) is 9.42. The number of ether oxygens (including phenoxy) is 1. The van der Waals surface area contributed by atoms with E-state index in [0.717, 1.165) is 12.1 Å². The van der Waals surface area contributed by atoms with Crippen molar-refractivity contribution in [1.82, 2.24) is 5.01 Å². The summed E-state index contributed by atoms with van der Waals surface area (Å²) in [5.74, 6) is -0.725. The molecule has 1 aromatic rings. The maximum absolute atomic E-state index is 13.1. The Morgan fingerprint density at radius 1 is 1.14 bits per heavy atom. The van der Waals surface area contributed by atoms with Gasteiger partial charge in [-0.1, -0.05) is 24.6 Å². The molecule has 2 fully saturated rings. The molecule has 0 bridgehead atoms. The Morgan fingerprint density at radius 3 is 2.27 bits per heavy atom. The quantitative estimate of drug-likeness (QED) is 0.839. The highest BCUT2D eigenvalue weighted by molar-refractivity contribution is 6.11. The van der Waals surface area contributed by atoms with Gasteiger partial charge in [0, 0.05) is 13.1 Å². The molecule has 2 amide bonds. The number of benzene rings is 1. The fraction of sp³-hybridized carbons (Fsp3) is 0.500. The van der Waals surface area contributed by atoms with Gasteiger partial charge < -0.3 is 10.5 Å². The molecule has 6 heteroatoms. The summed E-state index contributed by atoms with van der Waals surface area (Å²) in [5, 5.41) is 3.58. The number of nitrogens with two attached hydrogens (primary N) is 1. The van der Waals surface area contributed by atoms with Gasteiger partial charge in [0.05, 0.1) is 18.9 Å². The molecule has 0 radical (unpaired) electrons. The molecule has 1 saturated carbocycles. The van der Waals surface area contributed by atoms with E-state index in [-0.39, 0.29) is 5.91 Å². The van der Waals surface area contributed by atoms with Gasteiger partial charge in [0.15, 0.2) is 0 Å². The van der Waals surface area contributed by atoms with Crippen molar-refractivity contribution in [3.8, 4) is 0 Å². The second kappa shape index (κ2) is 6.06. The minimum atomic E-state index is -1.05. The number of hydrogen-bond donors (Lipinski definition) is 1. The van der Waals surface area contributed by atoms with Gasteiger partial charge in [0.25, 0.3) is 5.91 Å². The Labute approximate surface area is 129 Å². The van der Waals surface area contributed by atoms with Crippen molar-refractivity contribution in [2.75, 3.05) is 31.3 Å². The summed E-state index contributed by atoms with van der Waals surface area (Å²) in [7, 11) is 0. The molecule has 0 spiro atoms.